The second kappa shape index (κ2) is 7.77. The van der Waals surface area contributed by atoms with Crippen LogP contribution < -0.4 is 10.6 Å². The van der Waals surface area contributed by atoms with Crippen LogP contribution >= 0.6 is 0 Å². The second-order valence-electron chi connectivity index (χ2n) is 7.38. The predicted octanol–water partition coefficient (Wildman–Crippen LogP) is 3.80. The van der Waals surface area contributed by atoms with Crippen molar-refractivity contribution in [3.8, 4) is 0 Å². The molecule has 0 saturated heterocycles. The molecule has 1 rings (SSSR count). The van der Waals surface area contributed by atoms with Gasteiger partial charge in [-0.05, 0) is 36.3 Å². The van der Waals surface area contributed by atoms with Crippen molar-refractivity contribution in [3.05, 3.63) is 35.4 Å². The quantitative estimate of drug-likeness (QED) is 0.839. The molecule has 2 atom stereocenters. The molecule has 0 aliphatic heterocycles. The maximum atomic E-state index is 11.9. The highest BCUT2D eigenvalue weighted by molar-refractivity contribution is 5.81. The van der Waals surface area contributed by atoms with Crippen LogP contribution in [-0.4, -0.2) is 18.5 Å². The standard InChI is InChI=1S/C19H32N2O/c1-8-20-18(22)14(4)21-17(13(2)3)15-9-11-16(12-10-15)19(5,6)7/h9-14,17,21H,8H2,1-7H3,(H,20,22)/t14-,17-/m1/s1. The Kier molecular flexibility index (Phi) is 6.61. The molecule has 0 aromatic heterocycles. The predicted molar refractivity (Wildman–Crippen MR) is 94.0 cm³/mol. The molecule has 124 valence electrons. The van der Waals surface area contributed by atoms with E-state index in [1.165, 1.54) is 11.1 Å². The van der Waals surface area contributed by atoms with Crippen LogP contribution in [0.3, 0.4) is 0 Å². The van der Waals surface area contributed by atoms with Gasteiger partial charge in [-0.3, -0.25) is 10.1 Å². The maximum absolute atomic E-state index is 11.9. The molecule has 0 fully saturated rings. The van der Waals surface area contributed by atoms with Crippen molar-refractivity contribution in [2.24, 2.45) is 5.92 Å². The molecule has 1 aromatic rings. The third-order valence-corrected chi connectivity index (χ3v) is 3.98. The number of carbonyl (C=O) groups is 1. The van der Waals surface area contributed by atoms with Gasteiger partial charge in [0.05, 0.1) is 6.04 Å². The number of nitrogens with one attached hydrogen (secondary N) is 2. The molecular formula is C19H32N2O. The number of rotatable bonds is 6. The first-order valence-corrected chi connectivity index (χ1v) is 8.31. The fraction of sp³-hybridized carbons (Fsp3) is 0.632. The van der Waals surface area contributed by atoms with Crippen LogP contribution in [0.4, 0.5) is 0 Å². The molecule has 0 aliphatic rings. The first kappa shape index (κ1) is 18.7. The molecule has 0 unspecified atom stereocenters. The number of likely N-dealkylation sites (N-methyl/N-ethyl adjacent to an activating group) is 1. The van der Waals surface area contributed by atoms with E-state index in [0.29, 0.717) is 12.5 Å². The van der Waals surface area contributed by atoms with E-state index in [1.807, 2.05) is 13.8 Å². The smallest absolute Gasteiger partial charge is 0.236 e. The van der Waals surface area contributed by atoms with Crippen LogP contribution in [0.5, 0.6) is 0 Å². The number of amides is 1. The van der Waals surface area contributed by atoms with E-state index in [-0.39, 0.29) is 23.4 Å². The van der Waals surface area contributed by atoms with Gasteiger partial charge in [0.2, 0.25) is 5.91 Å². The van der Waals surface area contributed by atoms with Crippen LogP contribution in [0.1, 0.15) is 65.6 Å². The number of carbonyl (C=O) groups excluding carboxylic acids is 1. The Hall–Kier alpha value is -1.35. The van der Waals surface area contributed by atoms with Gasteiger partial charge in [0, 0.05) is 12.6 Å². The van der Waals surface area contributed by atoms with Gasteiger partial charge in [-0.25, -0.2) is 0 Å². The molecule has 1 aromatic carbocycles. The Labute approximate surface area is 135 Å². The van der Waals surface area contributed by atoms with Crippen LogP contribution in [0, 0.1) is 5.92 Å². The fourth-order valence-electron chi connectivity index (χ4n) is 2.54. The van der Waals surface area contributed by atoms with Crippen molar-refractivity contribution in [1.82, 2.24) is 10.6 Å². The molecule has 0 bridgehead atoms. The van der Waals surface area contributed by atoms with E-state index in [2.05, 4.69) is 69.5 Å². The van der Waals surface area contributed by atoms with E-state index >= 15 is 0 Å². The molecule has 2 N–H and O–H groups in total. The largest absolute Gasteiger partial charge is 0.355 e. The number of hydrogen-bond acceptors (Lipinski definition) is 2. The van der Waals surface area contributed by atoms with Gasteiger partial charge >= 0.3 is 0 Å². The minimum Gasteiger partial charge on any atom is -0.355 e. The van der Waals surface area contributed by atoms with Crippen molar-refractivity contribution < 1.29 is 4.79 Å². The van der Waals surface area contributed by atoms with E-state index in [0.717, 1.165) is 0 Å². The molecule has 0 aliphatic carbocycles. The third-order valence-electron chi connectivity index (χ3n) is 3.98. The average molecular weight is 304 g/mol. The molecule has 22 heavy (non-hydrogen) atoms. The van der Waals surface area contributed by atoms with Gasteiger partial charge in [0.1, 0.15) is 0 Å². The molecular weight excluding hydrogens is 272 g/mol. The molecule has 0 radical (unpaired) electrons. The number of benzene rings is 1. The van der Waals surface area contributed by atoms with Crippen LogP contribution in [0.2, 0.25) is 0 Å². The molecule has 3 heteroatoms. The van der Waals surface area contributed by atoms with Crippen LogP contribution in [0.25, 0.3) is 0 Å². The summed E-state index contributed by atoms with van der Waals surface area (Å²) < 4.78 is 0. The molecule has 0 spiro atoms. The molecule has 1 amide bonds. The maximum Gasteiger partial charge on any atom is 0.236 e. The zero-order valence-electron chi connectivity index (χ0n) is 15.2. The van der Waals surface area contributed by atoms with Gasteiger partial charge in [0.15, 0.2) is 0 Å². The highest BCUT2D eigenvalue weighted by atomic mass is 16.2. The summed E-state index contributed by atoms with van der Waals surface area (Å²) in [5, 5.41) is 6.33. The van der Waals surface area contributed by atoms with Gasteiger partial charge in [-0.2, -0.15) is 0 Å². The first-order valence-electron chi connectivity index (χ1n) is 8.31. The van der Waals surface area contributed by atoms with Gasteiger partial charge < -0.3 is 5.32 Å². The molecule has 0 saturated carbocycles. The summed E-state index contributed by atoms with van der Waals surface area (Å²) in [6, 6.07) is 8.74. The zero-order valence-corrected chi connectivity index (χ0v) is 15.2. The summed E-state index contributed by atoms with van der Waals surface area (Å²) in [5.74, 6) is 0.469. The Morgan fingerprint density at radius 3 is 2.05 bits per heavy atom. The van der Waals surface area contributed by atoms with E-state index in [9.17, 15) is 4.79 Å². The summed E-state index contributed by atoms with van der Waals surface area (Å²) in [5.41, 5.74) is 2.72. The van der Waals surface area contributed by atoms with E-state index in [1.54, 1.807) is 0 Å². The second-order valence-corrected chi connectivity index (χ2v) is 7.38. The SMILES string of the molecule is CCNC(=O)[C@@H](C)N[C@@H](c1ccc(C(C)(C)C)cc1)C(C)C. The number of hydrogen-bond donors (Lipinski definition) is 2. The lowest BCUT2D eigenvalue weighted by Gasteiger charge is -2.27. The van der Waals surface area contributed by atoms with Crippen LogP contribution in [-0.2, 0) is 10.2 Å². The van der Waals surface area contributed by atoms with Crippen molar-refractivity contribution in [1.29, 1.82) is 0 Å². The normalized spacial score (nSPS) is 14.7. The van der Waals surface area contributed by atoms with Gasteiger partial charge in [0.25, 0.3) is 0 Å². The summed E-state index contributed by atoms with van der Waals surface area (Å²) in [7, 11) is 0. The summed E-state index contributed by atoms with van der Waals surface area (Å²) in [6.07, 6.45) is 0. The fourth-order valence-corrected chi connectivity index (χ4v) is 2.54. The molecule has 0 heterocycles. The monoisotopic (exact) mass is 304 g/mol. The minimum absolute atomic E-state index is 0.0551. The molecule has 3 nitrogen and oxygen atoms in total. The lowest BCUT2D eigenvalue weighted by Crippen LogP contribution is -2.44. The lowest BCUT2D eigenvalue weighted by molar-refractivity contribution is -0.122. The highest BCUT2D eigenvalue weighted by Gasteiger charge is 2.22. The Bertz CT molecular complexity index is 471. The topological polar surface area (TPSA) is 41.1 Å². The minimum atomic E-state index is -0.199. The zero-order chi connectivity index (χ0) is 16.9. The summed E-state index contributed by atoms with van der Waals surface area (Å²) >= 11 is 0. The van der Waals surface area contributed by atoms with Crippen molar-refractivity contribution in [2.75, 3.05) is 6.54 Å². The third kappa shape index (κ3) is 5.13. The van der Waals surface area contributed by atoms with E-state index in [4.69, 9.17) is 0 Å². The van der Waals surface area contributed by atoms with Gasteiger partial charge in [-0.15, -0.1) is 0 Å². The van der Waals surface area contributed by atoms with Crippen molar-refractivity contribution >= 4 is 5.91 Å². The van der Waals surface area contributed by atoms with Gasteiger partial charge in [-0.1, -0.05) is 58.9 Å². The highest BCUT2D eigenvalue weighted by Crippen LogP contribution is 2.27. The van der Waals surface area contributed by atoms with Crippen molar-refractivity contribution in [3.63, 3.8) is 0 Å². The van der Waals surface area contributed by atoms with Crippen molar-refractivity contribution in [2.45, 2.75) is 66.0 Å². The summed E-state index contributed by atoms with van der Waals surface area (Å²) in [6.45, 7) is 15.5. The lowest BCUT2D eigenvalue weighted by atomic mass is 9.85. The Morgan fingerprint density at radius 2 is 1.64 bits per heavy atom. The Morgan fingerprint density at radius 1 is 1.09 bits per heavy atom. The summed E-state index contributed by atoms with van der Waals surface area (Å²) in [4.78, 5) is 11.9. The average Bonchev–Trinajstić information content (AvgIpc) is 2.43. The Balaban J connectivity index is 2.90. The van der Waals surface area contributed by atoms with E-state index < -0.39 is 0 Å². The first-order chi connectivity index (χ1) is 10.2. The van der Waals surface area contributed by atoms with Crippen LogP contribution in [0.15, 0.2) is 24.3 Å².